The Morgan fingerprint density at radius 3 is 2.65 bits per heavy atom. The van der Waals surface area contributed by atoms with Gasteiger partial charge in [-0.2, -0.15) is 0 Å². The third-order valence-corrected chi connectivity index (χ3v) is 2.85. The highest BCUT2D eigenvalue weighted by Gasteiger charge is 2.21. The van der Waals surface area contributed by atoms with E-state index in [9.17, 15) is 14.0 Å². The molecule has 110 valence electrons. The molecule has 0 aliphatic rings. The highest BCUT2D eigenvalue weighted by Crippen LogP contribution is 2.19. The fourth-order valence-electron chi connectivity index (χ4n) is 1.86. The van der Waals surface area contributed by atoms with Gasteiger partial charge in [0.05, 0.1) is 13.2 Å². The third-order valence-electron chi connectivity index (χ3n) is 2.85. The topological polar surface area (TPSA) is 75.6 Å². The Kier molecular flexibility index (Phi) is 6.11. The van der Waals surface area contributed by atoms with Gasteiger partial charge in [0.1, 0.15) is 0 Å². The Bertz CT molecular complexity index is 490. The number of Topliss-reactive ketones (excluding diaryl/α,β-unsaturated/α-hetero) is 1. The van der Waals surface area contributed by atoms with Crippen molar-refractivity contribution < 1.29 is 23.8 Å². The Hall–Kier alpha value is -1.95. The SMILES string of the molecule is CCNC(CCC(=O)O)C(=O)c1ccc(OC)c(F)c1. The highest BCUT2D eigenvalue weighted by molar-refractivity contribution is 6.00. The molecule has 0 saturated carbocycles. The van der Waals surface area contributed by atoms with E-state index in [1.54, 1.807) is 0 Å². The Labute approximate surface area is 116 Å². The molecule has 0 aliphatic heterocycles. The van der Waals surface area contributed by atoms with Crippen LogP contribution in [-0.2, 0) is 4.79 Å². The Morgan fingerprint density at radius 2 is 2.15 bits per heavy atom. The average molecular weight is 283 g/mol. The van der Waals surface area contributed by atoms with Crippen LogP contribution in [0.1, 0.15) is 30.1 Å². The molecule has 0 heterocycles. The molecule has 6 heteroatoms. The highest BCUT2D eigenvalue weighted by atomic mass is 19.1. The van der Waals surface area contributed by atoms with Crippen LogP contribution < -0.4 is 10.1 Å². The third kappa shape index (κ3) is 4.31. The molecule has 1 aromatic rings. The first-order chi connectivity index (χ1) is 9.49. The van der Waals surface area contributed by atoms with Crippen molar-refractivity contribution in [3.63, 3.8) is 0 Å². The van der Waals surface area contributed by atoms with E-state index >= 15 is 0 Å². The number of ether oxygens (including phenoxy) is 1. The molecule has 2 N–H and O–H groups in total. The molecule has 0 amide bonds. The first kappa shape index (κ1) is 16.1. The van der Waals surface area contributed by atoms with E-state index in [0.29, 0.717) is 6.54 Å². The van der Waals surface area contributed by atoms with E-state index in [1.165, 1.54) is 19.2 Å². The number of hydrogen-bond donors (Lipinski definition) is 2. The van der Waals surface area contributed by atoms with Crippen molar-refractivity contribution in [3.05, 3.63) is 29.6 Å². The van der Waals surface area contributed by atoms with Gasteiger partial charge < -0.3 is 15.2 Å². The molecule has 0 aliphatic carbocycles. The van der Waals surface area contributed by atoms with Crippen LogP contribution in [0.3, 0.4) is 0 Å². The van der Waals surface area contributed by atoms with Crippen LogP contribution in [0.25, 0.3) is 0 Å². The van der Waals surface area contributed by atoms with Crippen LogP contribution in [0.2, 0.25) is 0 Å². The molecule has 0 radical (unpaired) electrons. The van der Waals surface area contributed by atoms with Gasteiger partial charge >= 0.3 is 5.97 Å². The summed E-state index contributed by atoms with van der Waals surface area (Å²) in [6, 6.07) is 3.31. The maximum atomic E-state index is 13.6. The lowest BCUT2D eigenvalue weighted by atomic mass is 10.00. The number of halogens is 1. The van der Waals surface area contributed by atoms with Crippen molar-refractivity contribution in [3.8, 4) is 5.75 Å². The van der Waals surface area contributed by atoms with Gasteiger partial charge in [-0.3, -0.25) is 9.59 Å². The van der Waals surface area contributed by atoms with Crippen molar-refractivity contribution in [2.45, 2.75) is 25.8 Å². The summed E-state index contributed by atoms with van der Waals surface area (Å²) < 4.78 is 18.4. The molecule has 1 rings (SSSR count). The summed E-state index contributed by atoms with van der Waals surface area (Å²) in [5.41, 5.74) is 0.194. The number of nitrogens with one attached hydrogen (secondary N) is 1. The van der Waals surface area contributed by atoms with E-state index in [2.05, 4.69) is 5.32 Å². The number of carboxylic acids is 1. The van der Waals surface area contributed by atoms with Crippen molar-refractivity contribution in [1.29, 1.82) is 0 Å². The first-order valence-electron chi connectivity index (χ1n) is 6.32. The zero-order valence-electron chi connectivity index (χ0n) is 11.5. The molecule has 1 unspecified atom stereocenters. The van der Waals surface area contributed by atoms with Gasteiger partial charge in [0.25, 0.3) is 0 Å². The van der Waals surface area contributed by atoms with Gasteiger partial charge in [-0.25, -0.2) is 4.39 Å². The van der Waals surface area contributed by atoms with Crippen LogP contribution in [0, 0.1) is 5.82 Å². The molecule has 5 nitrogen and oxygen atoms in total. The lowest BCUT2D eigenvalue weighted by Crippen LogP contribution is -2.37. The van der Waals surface area contributed by atoms with Crippen LogP contribution in [-0.4, -0.2) is 36.6 Å². The van der Waals surface area contributed by atoms with E-state index in [4.69, 9.17) is 9.84 Å². The molecule has 1 aromatic carbocycles. The van der Waals surface area contributed by atoms with Crippen LogP contribution >= 0.6 is 0 Å². The summed E-state index contributed by atoms with van der Waals surface area (Å²) in [5, 5.41) is 11.6. The number of carboxylic acid groups (broad SMARTS) is 1. The van der Waals surface area contributed by atoms with Crippen molar-refractivity contribution in [2.75, 3.05) is 13.7 Å². The number of carbonyl (C=O) groups excluding carboxylic acids is 1. The summed E-state index contributed by atoms with van der Waals surface area (Å²) in [6.07, 6.45) is 0.0394. The zero-order chi connectivity index (χ0) is 15.1. The van der Waals surface area contributed by atoms with Gasteiger partial charge in [-0.05, 0) is 31.2 Å². The Balaban J connectivity index is 2.88. The quantitative estimate of drug-likeness (QED) is 0.712. The molecule has 0 bridgehead atoms. The molecule has 0 fully saturated rings. The van der Waals surface area contributed by atoms with Crippen LogP contribution in [0.15, 0.2) is 18.2 Å². The minimum absolute atomic E-state index is 0.0621. The summed E-state index contributed by atoms with van der Waals surface area (Å²) >= 11 is 0. The summed E-state index contributed by atoms with van der Waals surface area (Å²) in [6.45, 7) is 2.34. The van der Waals surface area contributed by atoms with Crippen LogP contribution in [0.4, 0.5) is 4.39 Å². The summed E-state index contributed by atoms with van der Waals surface area (Å²) in [4.78, 5) is 22.8. The van der Waals surface area contributed by atoms with Gasteiger partial charge in [0, 0.05) is 12.0 Å². The maximum absolute atomic E-state index is 13.6. The second-order valence-electron chi connectivity index (χ2n) is 4.26. The second kappa shape index (κ2) is 7.59. The lowest BCUT2D eigenvalue weighted by Gasteiger charge is -2.16. The van der Waals surface area contributed by atoms with Crippen molar-refractivity contribution in [1.82, 2.24) is 5.32 Å². The average Bonchev–Trinajstić information content (AvgIpc) is 2.42. The van der Waals surface area contributed by atoms with Crippen molar-refractivity contribution in [2.24, 2.45) is 0 Å². The zero-order valence-corrected chi connectivity index (χ0v) is 11.5. The minimum Gasteiger partial charge on any atom is -0.494 e. The molecular weight excluding hydrogens is 265 g/mol. The molecular formula is C14H18FNO4. The molecule has 0 aromatic heterocycles. The largest absolute Gasteiger partial charge is 0.494 e. The number of likely N-dealkylation sites (N-methyl/N-ethyl adjacent to an activating group) is 1. The molecule has 20 heavy (non-hydrogen) atoms. The number of ketones is 1. The van der Waals surface area contributed by atoms with E-state index in [1.807, 2.05) is 6.92 Å². The smallest absolute Gasteiger partial charge is 0.303 e. The van der Waals surface area contributed by atoms with Crippen LogP contribution in [0.5, 0.6) is 5.75 Å². The van der Waals surface area contributed by atoms with E-state index in [-0.39, 0.29) is 29.9 Å². The fourth-order valence-corrected chi connectivity index (χ4v) is 1.86. The number of benzene rings is 1. The van der Waals surface area contributed by atoms with E-state index in [0.717, 1.165) is 6.07 Å². The van der Waals surface area contributed by atoms with E-state index < -0.39 is 17.8 Å². The summed E-state index contributed by atoms with van der Waals surface area (Å²) in [5.74, 6) is -1.85. The minimum atomic E-state index is -0.971. The molecule has 1 atom stereocenters. The van der Waals surface area contributed by atoms with Gasteiger partial charge in [-0.15, -0.1) is 0 Å². The monoisotopic (exact) mass is 283 g/mol. The standard InChI is InChI=1S/C14H18FNO4/c1-3-16-11(5-7-13(17)18)14(19)9-4-6-12(20-2)10(15)8-9/h4,6,8,11,16H,3,5,7H2,1-2H3,(H,17,18). The number of methoxy groups -OCH3 is 1. The maximum Gasteiger partial charge on any atom is 0.303 e. The number of aliphatic carboxylic acids is 1. The predicted octanol–water partition coefficient (Wildman–Crippen LogP) is 1.86. The first-order valence-corrected chi connectivity index (χ1v) is 6.32. The predicted molar refractivity (Wildman–Crippen MR) is 71.6 cm³/mol. The van der Waals surface area contributed by atoms with Crippen molar-refractivity contribution >= 4 is 11.8 Å². The number of rotatable bonds is 8. The normalized spacial score (nSPS) is 11.9. The molecule has 0 spiro atoms. The number of carbonyl (C=O) groups is 2. The van der Waals surface area contributed by atoms with Gasteiger partial charge in [0.2, 0.25) is 0 Å². The Morgan fingerprint density at radius 1 is 1.45 bits per heavy atom. The lowest BCUT2D eigenvalue weighted by molar-refractivity contribution is -0.137. The fraction of sp³-hybridized carbons (Fsp3) is 0.429. The number of hydrogen-bond acceptors (Lipinski definition) is 4. The summed E-state index contributed by atoms with van der Waals surface area (Å²) in [7, 11) is 1.34. The molecule has 0 saturated heterocycles. The second-order valence-corrected chi connectivity index (χ2v) is 4.26. The van der Waals surface area contributed by atoms with Gasteiger partial charge in [-0.1, -0.05) is 6.92 Å². The van der Waals surface area contributed by atoms with Gasteiger partial charge in [0.15, 0.2) is 17.3 Å².